The third-order valence-corrected chi connectivity index (χ3v) is 4.27. The Kier molecular flexibility index (Phi) is 4.25. The van der Waals surface area contributed by atoms with Crippen molar-refractivity contribution in [1.82, 2.24) is 4.98 Å². The zero-order valence-electron chi connectivity index (χ0n) is 12.1. The summed E-state index contributed by atoms with van der Waals surface area (Å²) in [5.74, 6) is -0.508. The number of carbonyl (C=O) groups excluding carboxylic acids is 1. The van der Waals surface area contributed by atoms with E-state index in [1.54, 1.807) is 5.38 Å². The minimum atomic E-state index is -4.45. The van der Waals surface area contributed by atoms with Gasteiger partial charge in [-0.25, -0.2) is 4.98 Å². The molecule has 1 amide bonds. The lowest BCUT2D eigenvalue weighted by atomic mass is 10.1. The number of hydrogen-bond donors (Lipinski definition) is 1. The normalized spacial score (nSPS) is 15.0. The first-order chi connectivity index (χ1) is 10.9. The minimum Gasteiger partial charge on any atom is -0.370 e. The van der Waals surface area contributed by atoms with Gasteiger partial charge in [0.1, 0.15) is 5.69 Å². The Morgan fingerprint density at radius 2 is 2.00 bits per heavy atom. The molecule has 0 spiro atoms. The van der Waals surface area contributed by atoms with E-state index in [9.17, 15) is 18.0 Å². The molecule has 1 aromatic carbocycles. The fraction of sp³-hybridized carbons (Fsp3) is 0.333. The largest absolute Gasteiger partial charge is 0.416 e. The SMILES string of the molecule is O=C(Nc1cc(C(F)(F)F)ccc1N1CCCC1)c1cscn1. The average Bonchev–Trinajstić information content (AvgIpc) is 3.20. The van der Waals surface area contributed by atoms with Crippen molar-refractivity contribution < 1.29 is 18.0 Å². The molecule has 1 aliphatic rings. The third kappa shape index (κ3) is 3.47. The van der Waals surface area contributed by atoms with E-state index >= 15 is 0 Å². The first-order valence-corrected chi connectivity index (χ1v) is 8.05. The standard InChI is InChI=1S/C15H14F3N3OS/c16-15(17,18)10-3-4-13(21-5-1-2-6-21)11(7-10)20-14(22)12-8-23-9-19-12/h3-4,7-9H,1-2,5-6H2,(H,20,22). The molecule has 0 aliphatic carbocycles. The van der Waals surface area contributed by atoms with Gasteiger partial charge in [-0.15, -0.1) is 11.3 Å². The van der Waals surface area contributed by atoms with E-state index in [0.717, 1.165) is 38.1 Å². The maximum atomic E-state index is 13.0. The summed E-state index contributed by atoms with van der Waals surface area (Å²) in [7, 11) is 0. The highest BCUT2D eigenvalue weighted by Crippen LogP contribution is 2.36. The highest BCUT2D eigenvalue weighted by Gasteiger charge is 2.32. The van der Waals surface area contributed by atoms with Gasteiger partial charge >= 0.3 is 6.18 Å². The Hall–Kier alpha value is -2.09. The fourth-order valence-electron chi connectivity index (χ4n) is 2.56. The summed E-state index contributed by atoms with van der Waals surface area (Å²) < 4.78 is 38.9. The molecule has 1 aromatic heterocycles. The number of benzene rings is 1. The van der Waals surface area contributed by atoms with Crippen LogP contribution in [0.4, 0.5) is 24.5 Å². The molecule has 1 fully saturated rings. The van der Waals surface area contributed by atoms with Gasteiger partial charge in [0.2, 0.25) is 0 Å². The number of nitrogens with one attached hydrogen (secondary N) is 1. The van der Waals surface area contributed by atoms with Crippen LogP contribution in [0.25, 0.3) is 0 Å². The molecule has 122 valence electrons. The molecule has 0 bridgehead atoms. The molecule has 4 nitrogen and oxygen atoms in total. The summed E-state index contributed by atoms with van der Waals surface area (Å²) in [6, 6.07) is 3.45. The second-order valence-electron chi connectivity index (χ2n) is 5.25. The first-order valence-electron chi connectivity index (χ1n) is 7.11. The number of amides is 1. The van der Waals surface area contributed by atoms with Crippen LogP contribution in [0.3, 0.4) is 0 Å². The molecular weight excluding hydrogens is 327 g/mol. The number of nitrogens with zero attached hydrogens (tertiary/aromatic N) is 2. The maximum Gasteiger partial charge on any atom is 0.416 e. The van der Waals surface area contributed by atoms with Crippen molar-refractivity contribution in [3.05, 3.63) is 40.3 Å². The third-order valence-electron chi connectivity index (χ3n) is 3.68. The Morgan fingerprint density at radius 1 is 1.26 bits per heavy atom. The summed E-state index contributed by atoms with van der Waals surface area (Å²) in [5.41, 5.74) is 1.69. The number of rotatable bonds is 3. The molecule has 1 saturated heterocycles. The Labute approximate surface area is 135 Å². The second kappa shape index (κ2) is 6.19. The Morgan fingerprint density at radius 3 is 2.61 bits per heavy atom. The highest BCUT2D eigenvalue weighted by atomic mass is 32.1. The van der Waals surface area contributed by atoms with E-state index in [1.807, 2.05) is 4.90 Å². The van der Waals surface area contributed by atoms with Gasteiger partial charge in [-0.2, -0.15) is 13.2 Å². The van der Waals surface area contributed by atoms with Crippen LogP contribution in [0.1, 0.15) is 28.9 Å². The van der Waals surface area contributed by atoms with Crippen LogP contribution in [-0.2, 0) is 6.18 Å². The van der Waals surface area contributed by atoms with Gasteiger partial charge in [0.05, 0.1) is 22.4 Å². The van der Waals surface area contributed by atoms with Crippen molar-refractivity contribution in [3.63, 3.8) is 0 Å². The van der Waals surface area contributed by atoms with Gasteiger partial charge in [-0.05, 0) is 31.0 Å². The number of thiazole rings is 1. The topological polar surface area (TPSA) is 45.2 Å². The van der Waals surface area contributed by atoms with Crippen LogP contribution < -0.4 is 10.2 Å². The molecule has 0 atom stereocenters. The number of aromatic nitrogens is 1. The second-order valence-corrected chi connectivity index (χ2v) is 5.97. The monoisotopic (exact) mass is 341 g/mol. The van der Waals surface area contributed by atoms with Crippen molar-refractivity contribution in [2.75, 3.05) is 23.3 Å². The first kappa shape index (κ1) is 15.8. The van der Waals surface area contributed by atoms with Crippen LogP contribution in [0.15, 0.2) is 29.1 Å². The minimum absolute atomic E-state index is 0.166. The van der Waals surface area contributed by atoms with Gasteiger partial charge in [0, 0.05) is 18.5 Å². The molecule has 1 aliphatic heterocycles. The highest BCUT2D eigenvalue weighted by molar-refractivity contribution is 7.07. The molecule has 3 rings (SSSR count). The summed E-state index contributed by atoms with van der Waals surface area (Å²) in [6.45, 7) is 1.54. The molecule has 2 aromatic rings. The molecule has 23 heavy (non-hydrogen) atoms. The molecular formula is C15H14F3N3OS. The van der Waals surface area contributed by atoms with Crippen molar-refractivity contribution >= 4 is 28.6 Å². The number of alkyl halides is 3. The number of halogens is 3. The van der Waals surface area contributed by atoms with Gasteiger partial charge < -0.3 is 10.2 Å². The van der Waals surface area contributed by atoms with Crippen LogP contribution >= 0.6 is 11.3 Å². The van der Waals surface area contributed by atoms with Gasteiger partial charge in [-0.3, -0.25) is 4.79 Å². The van der Waals surface area contributed by atoms with Crippen LogP contribution in [-0.4, -0.2) is 24.0 Å². The van der Waals surface area contributed by atoms with Crippen LogP contribution in [0.2, 0.25) is 0 Å². The van der Waals surface area contributed by atoms with E-state index < -0.39 is 17.6 Å². The lowest BCUT2D eigenvalue weighted by molar-refractivity contribution is -0.137. The molecule has 0 radical (unpaired) electrons. The zero-order chi connectivity index (χ0) is 16.4. The smallest absolute Gasteiger partial charge is 0.370 e. The van der Waals surface area contributed by atoms with Gasteiger partial charge in [-0.1, -0.05) is 0 Å². The van der Waals surface area contributed by atoms with Crippen LogP contribution in [0, 0.1) is 0 Å². The zero-order valence-corrected chi connectivity index (χ0v) is 12.9. The molecule has 1 N–H and O–H groups in total. The van der Waals surface area contributed by atoms with E-state index in [4.69, 9.17) is 0 Å². The Bertz CT molecular complexity index is 694. The molecule has 2 heterocycles. The van der Waals surface area contributed by atoms with E-state index in [0.29, 0.717) is 5.69 Å². The average molecular weight is 341 g/mol. The van der Waals surface area contributed by atoms with Crippen molar-refractivity contribution in [3.8, 4) is 0 Å². The number of carbonyl (C=O) groups is 1. The van der Waals surface area contributed by atoms with Gasteiger partial charge in [0.15, 0.2) is 0 Å². The fourth-order valence-corrected chi connectivity index (χ4v) is 3.09. The summed E-state index contributed by atoms with van der Waals surface area (Å²) in [6.07, 6.45) is -2.48. The molecule has 0 unspecified atom stereocenters. The number of hydrogen-bond acceptors (Lipinski definition) is 4. The van der Waals surface area contributed by atoms with E-state index in [-0.39, 0.29) is 11.4 Å². The van der Waals surface area contributed by atoms with Crippen molar-refractivity contribution in [1.29, 1.82) is 0 Å². The van der Waals surface area contributed by atoms with E-state index in [2.05, 4.69) is 10.3 Å². The lowest BCUT2D eigenvalue weighted by Crippen LogP contribution is -2.22. The maximum absolute atomic E-state index is 13.0. The van der Waals surface area contributed by atoms with Crippen molar-refractivity contribution in [2.45, 2.75) is 19.0 Å². The van der Waals surface area contributed by atoms with Crippen LogP contribution in [0.5, 0.6) is 0 Å². The summed E-state index contributed by atoms with van der Waals surface area (Å²) in [5, 5.41) is 4.12. The van der Waals surface area contributed by atoms with Gasteiger partial charge in [0.25, 0.3) is 5.91 Å². The lowest BCUT2D eigenvalue weighted by Gasteiger charge is -2.22. The van der Waals surface area contributed by atoms with Crippen molar-refractivity contribution in [2.24, 2.45) is 0 Å². The molecule has 8 heteroatoms. The summed E-state index contributed by atoms with van der Waals surface area (Å²) >= 11 is 1.25. The predicted octanol–water partition coefficient (Wildman–Crippen LogP) is 4.01. The Balaban J connectivity index is 1.94. The molecule has 0 saturated carbocycles. The summed E-state index contributed by atoms with van der Waals surface area (Å²) in [4.78, 5) is 18.0. The number of anilines is 2. The van der Waals surface area contributed by atoms with E-state index in [1.165, 1.54) is 22.9 Å². The predicted molar refractivity (Wildman–Crippen MR) is 83.0 cm³/mol. The quantitative estimate of drug-likeness (QED) is 0.917.